The third kappa shape index (κ3) is 3.20. The van der Waals surface area contributed by atoms with Crippen LogP contribution in [0.3, 0.4) is 0 Å². The summed E-state index contributed by atoms with van der Waals surface area (Å²) in [6.45, 7) is 5.93. The topological polar surface area (TPSA) is 36.3 Å². The number of piperidine rings is 1. The summed E-state index contributed by atoms with van der Waals surface area (Å²) < 4.78 is 5.65. The summed E-state index contributed by atoms with van der Waals surface area (Å²) in [4.78, 5) is 2.53. The van der Waals surface area contributed by atoms with E-state index in [0.29, 0.717) is 6.61 Å². The summed E-state index contributed by atoms with van der Waals surface area (Å²) in [5.41, 5.74) is -0.485. The van der Waals surface area contributed by atoms with Gasteiger partial charge in [0.25, 0.3) is 0 Å². The molecule has 0 bridgehead atoms. The maximum absolute atomic E-state index is 9.25. The standard InChI is InChI=1S/C14H24N2O/c1-2-17-14(12-15)7-9-16(10-8-14)11-13-5-3-4-6-13/h13H,2-11H2,1H3. The smallest absolute Gasteiger partial charge is 0.156 e. The lowest BCUT2D eigenvalue weighted by atomic mass is 9.92. The molecular weight excluding hydrogens is 212 g/mol. The summed E-state index contributed by atoms with van der Waals surface area (Å²) in [6, 6.07) is 2.38. The maximum atomic E-state index is 9.25. The SMILES string of the molecule is CCOC1(C#N)CCN(CC2CCCC2)CC1. The second-order valence-corrected chi connectivity index (χ2v) is 5.49. The summed E-state index contributed by atoms with van der Waals surface area (Å²) >= 11 is 0. The summed E-state index contributed by atoms with van der Waals surface area (Å²) in [5, 5.41) is 9.25. The summed E-state index contributed by atoms with van der Waals surface area (Å²) in [5.74, 6) is 0.914. The van der Waals surface area contributed by atoms with Gasteiger partial charge in [-0.1, -0.05) is 12.8 Å². The third-order valence-electron chi connectivity index (χ3n) is 4.28. The van der Waals surface area contributed by atoms with Crippen molar-refractivity contribution in [3.05, 3.63) is 0 Å². The Balaban J connectivity index is 1.78. The molecule has 2 aliphatic rings. The Kier molecular flexibility index (Phi) is 4.42. The first kappa shape index (κ1) is 12.9. The minimum absolute atomic E-state index is 0.485. The van der Waals surface area contributed by atoms with Gasteiger partial charge < -0.3 is 9.64 Å². The van der Waals surface area contributed by atoms with Gasteiger partial charge in [0.05, 0.1) is 6.07 Å². The Morgan fingerprint density at radius 3 is 2.47 bits per heavy atom. The van der Waals surface area contributed by atoms with Gasteiger partial charge >= 0.3 is 0 Å². The molecule has 0 N–H and O–H groups in total. The van der Waals surface area contributed by atoms with E-state index in [4.69, 9.17) is 4.74 Å². The molecule has 0 spiro atoms. The van der Waals surface area contributed by atoms with Crippen molar-refractivity contribution in [2.24, 2.45) is 5.92 Å². The predicted molar refractivity (Wildman–Crippen MR) is 67.6 cm³/mol. The second kappa shape index (κ2) is 5.84. The summed E-state index contributed by atoms with van der Waals surface area (Å²) in [7, 11) is 0. The van der Waals surface area contributed by atoms with Gasteiger partial charge in [-0.25, -0.2) is 0 Å². The van der Waals surface area contributed by atoms with Crippen molar-refractivity contribution in [3.8, 4) is 6.07 Å². The van der Waals surface area contributed by atoms with Crippen LogP contribution in [0.5, 0.6) is 0 Å². The molecule has 0 aromatic rings. The zero-order chi connectivity index (χ0) is 12.1. The molecule has 0 amide bonds. The lowest BCUT2D eigenvalue weighted by Gasteiger charge is -2.37. The average Bonchev–Trinajstić information content (AvgIpc) is 2.85. The first-order chi connectivity index (χ1) is 8.28. The van der Waals surface area contributed by atoms with Crippen LogP contribution in [0, 0.1) is 17.2 Å². The average molecular weight is 236 g/mol. The molecule has 3 nitrogen and oxygen atoms in total. The van der Waals surface area contributed by atoms with Gasteiger partial charge in [0.1, 0.15) is 0 Å². The van der Waals surface area contributed by atoms with Crippen molar-refractivity contribution in [1.82, 2.24) is 4.90 Å². The van der Waals surface area contributed by atoms with E-state index >= 15 is 0 Å². The van der Waals surface area contributed by atoms with E-state index in [2.05, 4.69) is 11.0 Å². The number of rotatable bonds is 4. The highest BCUT2D eigenvalue weighted by Gasteiger charge is 2.35. The molecule has 17 heavy (non-hydrogen) atoms. The van der Waals surface area contributed by atoms with Crippen LogP contribution in [0.1, 0.15) is 45.4 Å². The molecular formula is C14H24N2O. The van der Waals surface area contributed by atoms with Crippen LogP contribution in [-0.4, -0.2) is 36.7 Å². The molecule has 0 aromatic carbocycles. The molecule has 2 fully saturated rings. The lowest BCUT2D eigenvalue weighted by Crippen LogP contribution is -2.46. The number of nitriles is 1. The van der Waals surface area contributed by atoms with Crippen LogP contribution in [-0.2, 0) is 4.74 Å². The first-order valence-corrected chi connectivity index (χ1v) is 7.05. The van der Waals surface area contributed by atoms with E-state index < -0.39 is 5.60 Å². The quantitative estimate of drug-likeness (QED) is 0.752. The molecule has 1 aliphatic carbocycles. The van der Waals surface area contributed by atoms with Crippen molar-refractivity contribution in [2.45, 2.75) is 51.0 Å². The second-order valence-electron chi connectivity index (χ2n) is 5.49. The fourth-order valence-corrected chi connectivity index (χ4v) is 3.22. The summed E-state index contributed by atoms with van der Waals surface area (Å²) in [6.07, 6.45) is 7.41. The molecule has 2 rings (SSSR count). The van der Waals surface area contributed by atoms with E-state index in [0.717, 1.165) is 31.8 Å². The highest BCUT2D eigenvalue weighted by Crippen LogP contribution is 2.29. The molecule has 1 saturated carbocycles. The van der Waals surface area contributed by atoms with Crippen LogP contribution in [0.4, 0.5) is 0 Å². The van der Waals surface area contributed by atoms with Crippen molar-refractivity contribution < 1.29 is 4.74 Å². The highest BCUT2D eigenvalue weighted by molar-refractivity contribution is 5.05. The van der Waals surface area contributed by atoms with E-state index in [-0.39, 0.29) is 0 Å². The third-order valence-corrected chi connectivity index (χ3v) is 4.28. The Bertz CT molecular complexity index is 270. The lowest BCUT2D eigenvalue weighted by molar-refractivity contribution is -0.0404. The van der Waals surface area contributed by atoms with Gasteiger partial charge in [0, 0.05) is 39.1 Å². The van der Waals surface area contributed by atoms with Crippen molar-refractivity contribution in [2.75, 3.05) is 26.2 Å². The van der Waals surface area contributed by atoms with Gasteiger partial charge in [0.2, 0.25) is 0 Å². The zero-order valence-electron chi connectivity index (χ0n) is 11.0. The molecule has 1 saturated heterocycles. The first-order valence-electron chi connectivity index (χ1n) is 7.05. The van der Waals surface area contributed by atoms with Crippen LogP contribution in [0.2, 0.25) is 0 Å². The van der Waals surface area contributed by atoms with E-state index in [1.165, 1.54) is 32.2 Å². The number of hydrogen-bond donors (Lipinski definition) is 0. The Morgan fingerprint density at radius 1 is 1.29 bits per heavy atom. The largest absolute Gasteiger partial charge is 0.360 e. The minimum Gasteiger partial charge on any atom is -0.360 e. The van der Waals surface area contributed by atoms with Crippen molar-refractivity contribution in [3.63, 3.8) is 0 Å². The van der Waals surface area contributed by atoms with Gasteiger partial charge in [-0.2, -0.15) is 5.26 Å². The molecule has 3 heteroatoms. The molecule has 0 unspecified atom stereocenters. The fraction of sp³-hybridized carbons (Fsp3) is 0.929. The number of nitrogens with zero attached hydrogens (tertiary/aromatic N) is 2. The van der Waals surface area contributed by atoms with Gasteiger partial charge in [0.15, 0.2) is 5.60 Å². The minimum atomic E-state index is -0.485. The zero-order valence-corrected chi connectivity index (χ0v) is 11.0. The molecule has 0 aromatic heterocycles. The fourth-order valence-electron chi connectivity index (χ4n) is 3.22. The van der Waals surface area contributed by atoms with E-state index in [9.17, 15) is 5.26 Å². The predicted octanol–water partition coefficient (Wildman–Crippen LogP) is 2.57. The maximum Gasteiger partial charge on any atom is 0.156 e. The normalized spacial score (nSPS) is 25.9. The van der Waals surface area contributed by atoms with Crippen LogP contribution < -0.4 is 0 Å². The van der Waals surface area contributed by atoms with Crippen LogP contribution >= 0.6 is 0 Å². The van der Waals surface area contributed by atoms with Crippen LogP contribution in [0.15, 0.2) is 0 Å². The Hall–Kier alpha value is -0.590. The van der Waals surface area contributed by atoms with Crippen molar-refractivity contribution in [1.29, 1.82) is 5.26 Å². The molecule has 1 aliphatic heterocycles. The van der Waals surface area contributed by atoms with Gasteiger partial charge in [-0.05, 0) is 25.7 Å². The van der Waals surface area contributed by atoms with E-state index in [1.54, 1.807) is 0 Å². The van der Waals surface area contributed by atoms with Crippen LogP contribution in [0.25, 0.3) is 0 Å². The number of likely N-dealkylation sites (tertiary alicyclic amines) is 1. The number of hydrogen-bond acceptors (Lipinski definition) is 3. The van der Waals surface area contributed by atoms with Gasteiger partial charge in [-0.3, -0.25) is 0 Å². The number of ether oxygens (including phenoxy) is 1. The molecule has 96 valence electrons. The monoisotopic (exact) mass is 236 g/mol. The van der Waals surface area contributed by atoms with Crippen molar-refractivity contribution >= 4 is 0 Å². The van der Waals surface area contributed by atoms with Gasteiger partial charge in [-0.15, -0.1) is 0 Å². The van der Waals surface area contributed by atoms with E-state index in [1.807, 2.05) is 6.92 Å². The molecule has 0 radical (unpaired) electrons. The molecule has 0 atom stereocenters. The Labute approximate surface area is 105 Å². The Morgan fingerprint density at radius 2 is 1.94 bits per heavy atom. The highest BCUT2D eigenvalue weighted by atomic mass is 16.5. The molecule has 1 heterocycles.